The number of benzene rings is 1. The zero-order valence-corrected chi connectivity index (χ0v) is 19.9. The van der Waals surface area contributed by atoms with Crippen LogP contribution in [0.5, 0.6) is 11.5 Å². The molecule has 2 aromatic rings. The van der Waals surface area contributed by atoms with Crippen LogP contribution in [-0.2, 0) is 14.9 Å². The molecule has 0 aliphatic heterocycles. The van der Waals surface area contributed by atoms with Gasteiger partial charge < -0.3 is 14.2 Å². The van der Waals surface area contributed by atoms with Crippen molar-refractivity contribution in [2.75, 3.05) is 26.5 Å². The number of hydrogen-bond donors (Lipinski definition) is 2. The molecule has 1 aromatic heterocycles. The van der Waals surface area contributed by atoms with Crippen LogP contribution < -0.4 is 18.9 Å². The van der Waals surface area contributed by atoms with E-state index >= 15 is 0 Å². The van der Waals surface area contributed by atoms with Gasteiger partial charge in [0.15, 0.2) is 11.5 Å². The Morgan fingerprint density at radius 1 is 1.10 bits per heavy atom. The van der Waals surface area contributed by atoms with Crippen molar-refractivity contribution in [1.82, 2.24) is 19.4 Å². The molecule has 0 saturated heterocycles. The number of carbonyl (C=O) groups excluding carboxylic acids is 1. The Morgan fingerprint density at radius 3 is 2.42 bits per heavy atom. The van der Waals surface area contributed by atoms with Gasteiger partial charge in [0.2, 0.25) is 0 Å². The normalized spacial score (nSPS) is 11.9. The van der Waals surface area contributed by atoms with E-state index in [1.165, 1.54) is 6.33 Å². The molecule has 0 radical (unpaired) electrons. The van der Waals surface area contributed by atoms with Crippen molar-refractivity contribution >= 4 is 39.0 Å². The van der Waals surface area contributed by atoms with Crippen LogP contribution in [0.25, 0.3) is 10.9 Å². The van der Waals surface area contributed by atoms with Gasteiger partial charge in [-0.15, -0.1) is 11.8 Å². The fourth-order valence-corrected chi connectivity index (χ4v) is 4.25. The number of unbranched alkanes of at least 4 members (excludes halogenated alkanes) is 1. The highest BCUT2D eigenvalue weighted by molar-refractivity contribution is 7.99. The van der Waals surface area contributed by atoms with E-state index in [1.807, 2.05) is 10.8 Å². The minimum atomic E-state index is -3.96. The topological polar surface area (TPSA) is 129 Å². The van der Waals surface area contributed by atoms with Crippen molar-refractivity contribution in [3.8, 4) is 11.5 Å². The smallest absolute Gasteiger partial charge is 0.422 e. The molecule has 31 heavy (non-hydrogen) atoms. The van der Waals surface area contributed by atoms with Gasteiger partial charge in [-0.3, -0.25) is 0 Å². The van der Waals surface area contributed by atoms with Crippen molar-refractivity contribution in [3.05, 3.63) is 18.5 Å². The molecule has 0 aliphatic carbocycles. The third-order valence-corrected chi connectivity index (χ3v) is 5.93. The molecule has 0 aliphatic rings. The van der Waals surface area contributed by atoms with E-state index in [9.17, 15) is 13.2 Å². The summed E-state index contributed by atoms with van der Waals surface area (Å²) in [6, 6.07) is 3.64. The predicted molar refractivity (Wildman–Crippen MR) is 119 cm³/mol. The van der Waals surface area contributed by atoms with Crippen LogP contribution in [0.2, 0.25) is 0 Å². The second kappa shape index (κ2) is 10.8. The minimum Gasteiger partial charge on any atom is -0.493 e. The van der Waals surface area contributed by atoms with E-state index < -0.39 is 21.9 Å². The Kier molecular flexibility index (Phi) is 8.71. The molecule has 0 spiro atoms. The molecule has 0 unspecified atom stereocenters. The van der Waals surface area contributed by atoms with Crippen LogP contribution in [0.3, 0.4) is 0 Å². The van der Waals surface area contributed by atoms with E-state index in [1.54, 1.807) is 52.8 Å². The van der Waals surface area contributed by atoms with Gasteiger partial charge >= 0.3 is 16.3 Å². The summed E-state index contributed by atoms with van der Waals surface area (Å²) in [7, 11) is -0.828. The predicted octanol–water partition coefficient (Wildman–Crippen LogP) is 2.88. The Morgan fingerprint density at radius 2 is 1.77 bits per heavy atom. The zero-order valence-electron chi connectivity index (χ0n) is 18.2. The lowest BCUT2D eigenvalue weighted by Gasteiger charge is -2.19. The number of thioether (sulfide) groups is 1. The first kappa shape index (κ1) is 25.0. The van der Waals surface area contributed by atoms with Crippen molar-refractivity contribution in [2.24, 2.45) is 0 Å². The summed E-state index contributed by atoms with van der Waals surface area (Å²) < 4.78 is 43.5. The van der Waals surface area contributed by atoms with Crippen LogP contribution in [0.4, 0.5) is 4.79 Å². The van der Waals surface area contributed by atoms with Gasteiger partial charge in [0, 0.05) is 18.0 Å². The lowest BCUT2D eigenvalue weighted by molar-refractivity contribution is 0.0569. The van der Waals surface area contributed by atoms with E-state index in [-0.39, 0.29) is 6.54 Å². The lowest BCUT2D eigenvalue weighted by Crippen LogP contribution is -2.43. The van der Waals surface area contributed by atoms with Crippen LogP contribution in [0.15, 0.2) is 23.5 Å². The van der Waals surface area contributed by atoms with Crippen molar-refractivity contribution in [1.29, 1.82) is 0 Å². The standard InChI is InChI=1S/C19H28N4O6S2/c1-19(2,3)29-18(24)23-31(25,26)22-8-6-7-9-30-17-13-10-15(27-4)16(28-5)11-14(13)20-12-21-17/h10-12,22H,6-9H2,1-5H3,(H,23,24). The number of fused-ring (bicyclic) bond motifs is 1. The molecule has 0 saturated carbocycles. The lowest BCUT2D eigenvalue weighted by atomic mass is 10.2. The third-order valence-electron chi connectivity index (χ3n) is 3.82. The Labute approximate surface area is 186 Å². The number of carbonyl (C=O) groups is 1. The first-order valence-corrected chi connectivity index (χ1v) is 12.0. The summed E-state index contributed by atoms with van der Waals surface area (Å²) in [5.41, 5.74) is -0.0342. The highest BCUT2D eigenvalue weighted by atomic mass is 32.2. The van der Waals surface area contributed by atoms with Crippen molar-refractivity contribution < 1.29 is 27.4 Å². The van der Waals surface area contributed by atoms with E-state index in [2.05, 4.69) is 14.7 Å². The number of nitrogens with one attached hydrogen (secondary N) is 2. The molecule has 172 valence electrons. The van der Waals surface area contributed by atoms with Crippen LogP contribution >= 0.6 is 11.8 Å². The SMILES string of the molecule is COc1cc2ncnc(SCCCCNS(=O)(=O)NC(=O)OC(C)(C)C)c2cc1OC. The van der Waals surface area contributed by atoms with Gasteiger partial charge in [-0.1, -0.05) is 0 Å². The second-order valence-electron chi connectivity index (χ2n) is 7.46. The van der Waals surface area contributed by atoms with Gasteiger partial charge in [0.05, 0.1) is 19.7 Å². The van der Waals surface area contributed by atoms with Crippen molar-refractivity contribution in [3.63, 3.8) is 0 Å². The van der Waals surface area contributed by atoms with E-state index in [0.717, 1.165) is 28.1 Å². The number of amides is 1. The van der Waals surface area contributed by atoms with Crippen LogP contribution in [-0.4, -0.2) is 56.6 Å². The second-order valence-corrected chi connectivity index (χ2v) is 10.0. The quantitative estimate of drug-likeness (QED) is 0.305. The number of nitrogens with zero attached hydrogens (tertiary/aromatic N) is 2. The highest BCUT2D eigenvalue weighted by Crippen LogP contribution is 2.34. The molecule has 1 heterocycles. The molecule has 2 N–H and O–H groups in total. The van der Waals surface area contributed by atoms with Crippen molar-refractivity contribution in [2.45, 2.75) is 44.2 Å². The Balaban J connectivity index is 1.83. The number of rotatable bonds is 10. The summed E-state index contributed by atoms with van der Waals surface area (Å²) >= 11 is 1.54. The monoisotopic (exact) mass is 472 g/mol. The number of ether oxygens (including phenoxy) is 3. The van der Waals surface area contributed by atoms with E-state index in [0.29, 0.717) is 17.9 Å². The minimum absolute atomic E-state index is 0.189. The summed E-state index contributed by atoms with van der Waals surface area (Å²) in [4.78, 5) is 20.2. The molecule has 0 fully saturated rings. The Bertz CT molecular complexity index is 1010. The van der Waals surface area contributed by atoms with Crippen LogP contribution in [0.1, 0.15) is 33.6 Å². The first-order valence-electron chi connectivity index (χ1n) is 9.54. The maximum Gasteiger partial charge on any atom is 0.422 e. The average molecular weight is 473 g/mol. The molecule has 1 amide bonds. The third kappa shape index (κ3) is 8.04. The maximum atomic E-state index is 11.9. The summed E-state index contributed by atoms with van der Waals surface area (Å²) in [6.07, 6.45) is 1.80. The summed E-state index contributed by atoms with van der Waals surface area (Å²) in [5.74, 6) is 1.91. The highest BCUT2D eigenvalue weighted by Gasteiger charge is 2.20. The molecular weight excluding hydrogens is 444 g/mol. The van der Waals surface area contributed by atoms with Gasteiger partial charge in [-0.05, 0) is 45.4 Å². The summed E-state index contributed by atoms with van der Waals surface area (Å²) in [6.45, 7) is 5.14. The fourth-order valence-electron chi connectivity index (χ4n) is 2.52. The van der Waals surface area contributed by atoms with Gasteiger partial charge in [-0.2, -0.15) is 13.1 Å². The van der Waals surface area contributed by atoms with Gasteiger partial charge in [0.1, 0.15) is 17.0 Å². The van der Waals surface area contributed by atoms with Crippen LogP contribution in [0, 0.1) is 0 Å². The zero-order chi connectivity index (χ0) is 23.1. The number of methoxy groups -OCH3 is 2. The maximum absolute atomic E-state index is 11.9. The summed E-state index contributed by atoms with van der Waals surface area (Å²) in [5, 5.41) is 1.66. The largest absolute Gasteiger partial charge is 0.493 e. The molecule has 10 nitrogen and oxygen atoms in total. The molecule has 1 aromatic carbocycles. The molecule has 0 bridgehead atoms. The molecule has 2 rings (SSSR count). The molecule has 12 heteroatoms. The van der Waals surface area contributed by atoms with Gasteiger partial charge in [-0.25, -0.2) is 19.5 Å². The number of aromatic nitrogens is 2. The first-order chi connectivity index (χ1) is 14.5. The average Bonchev–Trinajstić information content (AvgIpc) is 2.67. The van der Waals surface area contributed by atoms with Gasteiger partial charge in [0.25, 0.3) is 0 Å². The molecular formula is C19H28N4O6S2. The number of hydrogen-bond acceptors (Lipinski definition) is 9. The fraction of sp³-hybridized carbons (Fsp3) is 0.526. The Hall–Kier alpha value is -2.31. The van der Waals surface area contributed by atoms with E-state index in [4.69, 9.17) is 14.2 Å². The molecule has 0 atom stereocenters.